The molecule has 6 nitrogen and oxygen atoms in total. The summed E-state index contributed by atoms with van der Waals surface area (Å²) in [5.41, 5.74) is 6.62. The Bertz CT molecular complexity index is 1080. The number of imide groups is 1. The summed E-state index contributed by atoms with van der Waals surface area (Å²) in [6, 6.07) is 14.5. The van der Waals surface area contributed by atoms with Gasteiger partial charge in [-0.3, -0.25) is 14.5 Å². The summed E-state index contributed by atoms with van der Waals surface area (Å²) in [5, 5.41) is 0. The highest BCUT2D eigenvalue weighted by atomic mass is 16.5. The molecule has 2 aromatic rings. The molecule has 33 heavy (non-hydrogen) atoms. The van der Waals surface area contributed by atoms with E-state index in [9.17, 15) is 9.59 Å². The molecular weight excluding hydrogens is 414 g/mol. The number of methoxy groups -OCH3 is 1. The zero-order valence-corrected chi connectivity index (χ0v) is 20.1. The van der Waals surface area contributed by atoms with Crippen molar-refractivity contribution in [2.24, 2.45) is 0 Å². The molecule has 0 atom stereocenters. The molecule has 2 heterocycles. The first-order valence-electron chi connectivity index (χ1n) is 11.6. The van der Waals surface area contributed by atoms with Crippen molar-refractivity contribution in [3.63, 3.8) is 0 Å². The highest BCUT2D eigenvalue weighted by Gasteiger charge is 2.41. The molecule has 2 aromatic carbocycles. The van der Waals surface area contributed by atoms with Crippen molar-refractivity contribution in [1.29, 1.82) is 0 Å². The molecule has 174 valence electrons. The fourth-order valence-corrected chi connectivity index (χ4v) is 4.60. The summed E-state index contributed by atoms with van der Waals surface area (Å²) >= 11 is 0. The van der Waals surface area contributed by atoms with Crippen molar-refractivity contribution in [2.75, 3.05) is 51.3 Å². The fraction of sp³-hybridized carbons (Fsp3) is 0.407. The summed E-state index contributed by atoms with van der Waals surface area (Å²) in [4.78, 5) is 32.8. The van der Waals surface area contributed by atoms with E-state index in [0.29, 0.717) is 43.9 Å². The number of hydrogen-bond acceptors (Lipinski definition) is 5. The van der Waals surface area contributed by atoms with Crippen molar-refractivity contribution < 1.29 is 14.3 Å². The van der Waals surface area contributed by atoms with Crippen LogP contribution in [0.3, 0.4) is 0 Å². The van der Waals surface area contributed by atoms with Crippen molar-refractivity contribution in [3.05, 3.63) is 70.4 Å². The molecule has 0 unspecified atom stereocenters. The van der Waals surface area contributed by atoms with Gasteiger partial charge in [-0.15, -0.1) is 0 Å². The van der Waals surface area contributed by atoms with Gasteiger partial charge in [0, 0.05) is 52.1 Å². The maximum absolute atomic E-state index is 13.5. The molecule has 0 saturated carbocycles. The van der Waals surface area contributed by atoms with Gasteiger partial charge in [0.25, 0.3) is 11.8 Å². The lowest BCUT2D eigenvalue weighted by atomic mass is 9.99. The van der Waals surface area contributed by atoms with Gasteiger partial charge in [0.15, 0.2) is 0 Å². The van der Waals surface area contributed by atoms with Crippen LogP contribution in [0.4, 0.5) is 5.69 Å². The van der Waals surface area contributed by atoms with E-state index in [0.717, 1.165) is 24.2 Å². The summed E-state index contributed by atoms with van der Waals surface area (Å²) in [7, 11) is 1.63. The Morgan fingerprint density at radius 1 is 0.848 bits per heavy atom. The van der Waals surface area contributed by atoms with Crippen LogP contribution in [0.25, 0.3) is 5.57 Å². The van der Waals surface area contributed by atoms with Crippen LogP contribution < -0.4 is 4.90 Å². The lowest BCUT2D eigenvalue weighted by Crippen LogP contribution is -2.47. The molecule has 6 heteroatoms. The largest absolute Gasteiger partial charge is 0.385 e. The van der Waals surface area contributed by atoms with Gasteiger partial charge in [-0.1, -0.05) is 30.3 Å². The zero-order chi connectivity index (χ0) is 23.5. The fourth-order valence-electron chi connectivity index (χ4n) is 4.60. The van der Waals surface area contributed by atoms with Crippen molar-refractivity contribution in [3.8, 4) is 0 Å². The van der Waals surface area contributed by atoms with Crippen molar-refractivity contribution >= 4 is 23.1 Å². The first kappa shape index (κ1) is 23.1. The molecule has 0 radical (unpaired) electrons. The molecule has 2 aliphatic heterocycles. The molecule has 2 amide bonds. The van der Waals surface area contributed by atoms with Gasteiger partial charge in [0.1, 0.15) is 5.70 Å². The minimum atomic E-state index is -0.199. The second kappa shape index (κ2) is 9.79. The second-order valence-electron chi connectivity index (χ2n) is 8.94. The molecule has 0 spiro atoms. The number of ether oxygens (including phenoxy) is 1. The number of rotatable bonds is 7. The van der Waals surface area contributed by atoms with Crippen LogP contribution in [0.2, 0.25) is 0 Å². The Balaban J connectivity index is 1.63. The number of piperazine rings is 1. The molecule has 0 bridgehead atoms. The van der Waals surface area contributed by atoms with Crippen LogP contribution in [0.1, 0.15) is 28.7 Å². The van der Waals surface area contributed by atoms with E-state index in [2.05, 4.69) is 47.9 Å². The van der Waals surface area contributed by atoms with E-state index in [-0.39, 0.29) is 11.8 Å². The molecule has 2 aliphatic rings. The Morgan fingerprint density at radius 3 is 2.24 bits per heavy atom. The van der Waals surface area contributed by atoms with Crippen molar-refractivity contribution in [1.82, 2.24) is 9.80 Å². The monoisotopic (exact) mass is 447 g/mol. The van der Waals surface area contributed by atoms with E-state index in [1.165, 1.54) is 21.7 Å². The summed E-state index contributed by atoms with van der Waals surface area (Å²) in [5.74, 6) is -0.385. The normalized spacial score (nSPS) is 16.9. The standard InChI is InChI=1S/C27H33N3O3/c1-19-7-5-8-23(17-19)28-12-14-29(15-13-28)25-24(22-10-9-20(2)21(3)18-22)26(31)30(27(25)32)11-6-16-33-4/h5,7-10,17-18H,6,11-16H2,1-4H3. The number of aryl methyl sites for hydroxylation is 3. The van der Waals surface area contributed by atoms with Gasteiger partial charge < -0.3 is 14.5 Å². The topological polar surface area (TPSA) is 53.1 Å². The first-order chi connectivity index (χ1) is 15.9. The Kier molecular flexibility index (Phi) is 6.84. The predicted octanol–water partition coefficient (Wildman–Crippen LogP) is 3.55. The number of hydrogen-bond donors (Lipinski definition) is 0. The van der Waals surface area contributed by atoms with Crippen LogP contribution in [0.5, 0.6) is 0 Å². The quantitative estimate of drug-likeness (QED) is 0.480. The van der Waals surface area contributed by atoms with E-state index in [1.807, 2.05) is 25.1 Å². The molecule has 1 fully saturated rings. The maximum atomic E-state index is 13.5. The Hall–Kier alpha value is -3.12. The van der Waals surface area contributed by atoms with Gasteiger partial charge in [0.2, 0.25) is 0 Å². The third kappa shape index (κ3) is 4.67. The van der Waals surface area contributed by atoms with Gasteiger partial charge in [-0.05, 0) is 61.6 Å². The van der Waals surface area contributed by atoms with Crippen LogP contribution in [0, 0.1) is 20.8 Å². The molecule has 0 aromatic heterocycles. The molecular formula is C27H33N3O3. The SMILES string of the molecule is COCCCN1C(=O)C(c2ccc(C)c(C)c2)=C(N2CCN(c3cccc(C)c3)CC2)C1=O. The van der Waals surface area contributed by atoms with E-state index in [4.69, 9.17) is 4.74 Å². The molecule has 1 saturated heterocycles. The molecule has 4 rings (SSSR count). The van der Waals surface area contributed by atoms with Gasteiger partial charge in [-0.25, -0.2) is 0 Å². The lowest BCUT2D eigenvalue weighted by Gasteiger charge is -2.37. The van der Waals surface area contributed by atoms with Crippen LogP contribution in [0.15, 0.2) is 48.2 Å². The third-order valence-electron chi connectivity index (χ3n) is 6.63. The highest BCUT2D eigenvalue weighted by Crippen LogP contribution is 2.33. The predicted molar refractivity (Wildman–Crippen MR) is 131 cm³/mol. The van der Waals surface area contributed by atoms with Gasteiger partial charge in [0.05, 0.1) is 5.57 Å². The van der Waals surface area contributed by atoms with E-state index >= 15 is 0 Å². The average molecular weight is 448 g/mol. The lowest BCUT2D eigenvalue weighted by molar-refractivity contribution is -0.137. The molecule has 0 N–H and O–H groups in total. The third-order valence-corrected chi connectivity index (χ3v) is 6.63. The van der Waals surface area contributed by atoms with Crippen LogP contribution in [-0.4, -0.2) is 68.1 Å². The second-order valence-corrected chi connectivity index (χ2v) is 8.94. The number of anilines is 1. The number of nitrogens with zero attached hydrogens (tertiary/aromatic N) is 3. The van der Waals surface area contributed by atoms with Gasteiger partial charge in [-0.2, -0.15) is 0 Å². The number of benzene rings is 2. The number of carbonyl (C=O) groups is 2. The summed E-state index contributed by atoms with van der Waals surface area (Å²) in [6.07, 6.45) is 0.628. The maximum Gasteiger partial charge on any atom is 0.277 e. The smallest absolute Gasteiger partial charge is 0.277 e. The minimum Gasteiger partial charge on any atom is -0.385 e. The highest BCUT2D eigenvalue weighted by molar-refractivity contribution is 6.35. The number of amides is 2. The van der Waals surface area contributed by atoms with Crippen LogP contribution >= 0.6 is 0 Å². The Labute approximate surface area is 196 Å². The zero-order valence-electron chi connectivity index (χ0n) is 20.1. The van der Waals surface area contributed by atoms with Crippen LogP contribution in [-0.2, 0) is 14.3 Å². The average Bonchev–Trinajstić information content (AvgIpc) is 3.06. The van der Waals surface area contributed by atoms with Crippen molar-refractivity contribution in [2.45, 2.75) is 27.2 Å². The summed E-state index contributed by atoms with van der Waals surface area (Å²) < 4.78 is 5.14. The Morgan fingerprint density at radius 2 is 1.58 bits per heavy atom. The summed E-state index contributed by atoms with van der Waals surface area (Å²) in [6.45, 7) is 10.1. The minimum absolute atomic E-state index is 0.187. The van der Waals surface area contributed by atoms with E-state index in [1.54, 1.807) is 7.11 Å². The van der Waals surface area contributed by atoms with E-state index < -0.39 is 0 Å². The number of carbonyl (C=O) groups excluding carboxylic acids is 2. The molecule has 0 aliphatic carbocycles. The first-order valence-corrected chi connectivity index (χ1v) is 11.6. The van der Waals surface area contributed by atoms with Gasteiger partial charge >= 0.3 is 0 Å².